The monoisotopic (exact) mass is 420 g/mol. The third kappa shape index (κ3) is 4.11. The number of hydrogen-bond acceptors (Lipinski definition) is 5. The molecular weight excluding hydrogens is 396 g/mol. The van der Waals surface area contributed by atoms with E-state index in [-0.39, 0.29) is 11.8 Å². The lowest BCUT2D eigenvalue weighted by atomic mass is 10.1. The number of carbonyl (C=O) groups excluding carboxylic acids is 2. The molecule has 1 fully saturated rings. The van der Waals surface area contributed by atoms with E-state index in [9.17, 15) is 9.59 Å². The highest BCUT2D eigenvalue weighted by Crippen LogP contribution is 2.29. The molecule has 1 aromatic carbocycles. The molecule has 3 aromatic rings. The van der Waals surface area contributed by atoms with Gasteiger partial charge in [-0.05, 0) is 31.0 Å². The van der Waals surface area contributed by atoms with Gasteiger partial charge in [0, 0.05) is 44.1 Å². The summed E-state index contributed by atoms with van der Waals surface area (Å²) in [5.41, 5.74) is 3.65. The summed E-state index contributed by atoms with van der Waals surface area (Å²) in [5, 5.41) is 0.865. The highest BCUT2D eigenvalue weighted by Gasteiger charge is 2.28. The lowest BCUT2D eigenvalue weighted by molar-refractivity contribution is 0.0537. The van der Waals surface area contributed by atoms with Crippen LogP contribution in [0.15, 0.2) is 48.8 Å². The molecule has 1 aliphatic rings. The second-order valence-corrected chi connectivity index (χ2v) is 8.31. The summed E-state index contributed by atoms with van der Waals surface area (Å²) in [7, 11) is 0. The minimum absolute atomic E-state index is 0.00472. The van der Waals surface area contributed by atoms with E-state index in [2.05, 4.69) is 41.2 Å². The van der Waals surface area contributed by atoms with E-state index < -0.39 is 0 Å². The van der Waals surface area contributed by atoms with Gasteiger partial charge in [0.15, 0.2) is 0 Å². The van der Waals surface area contributed by atoms with Crippen LogP contribution in [0.25, 0.3) is 10.6 Å². The summed E-state index contributed by atoms with van der Waals surface area (Å²) >= 11 is 1.44. The number of nitrogens with zero attached hydrogens (tertiary/aromatic N) is 4. The number of pyridine rings is 1. The molecular formula is C23H24N4O2S. The molecule has 0 bridgehead atoms. The topological polar surface area (TPSA) is 66.4 Å². The molecule has 3 heterocycles. The Morgan fingerprint density at radius 3 is 2.27 bits per heavy atom. The number of rotatable bonds is 4. The zero-order valence-electron chi connectivity index (χ0n) is 17.2. The fourth-order valence-electron chi connectivity index (χ4n) is 3.53. The number of carbonyl (C=O) groups is 2. The van der Waals surface area contributed by atoms with Gasteiger partial charge in [0.2, 0.25) is 0 Å². The van der Waals surface area contributed by atoms with E-state index in [0.29, 0.717) is 36.6 Å². The van der Waals surface area contributed by atoms with Gasteiger partial charge in [-0.2, -0.15) is 0 Å². The molecule has 0 N–H and O–H groups in total. The van der Waals surface area contributed by atoms with Crippen LogP contribution in [-0.2, 0) is 6.42 Å². The quantitative estimate of drug-likeness (QED) is 0.646. The molecule has 0 unspecified atom stereocenters. The highest BCUT2D eigenvalue weighted by molar-refractivity contribution is 7.17. The first-order valence-electron chi connectivity index (χ1n) is 10.1. The Morgan fingerprint density at radius 2 is 1.67 bits per heavy atom. The van der Waals surface area contributed by atoms with E-state index >= 15 is 0 Å². The summed E-state index contributed by atoms with van der Waals surface area (Å²) in [6, 6.07) is 11.9. The molecule has 0 saturated carbocycles. The Labute approximate surface area is 180 Å². The van der Waals surface area contributed by atoms with E-state index in [1.54, 1.807) is 29.4 Å². The number of piperazine rings is 1. The van der Waals surface area contributed by atoms with Gasteiger partial charge in [0.25, 0.3) is 11.8 Å². The van der Waals surface area contributed by atoms with E-state index in [1.165, 1.54) is 16.9 Å². The molecule has 6 nitrogen and oxygen atoms in total. The summed E-state index contributed by atoms with van der Waals surface area (Å²) in [6.07, 6.45) is 4.22. The first-order chi connectivity index (χ1) is 14.6. The van der Waals surface area contributed by atoms with Crippen molar-refractivity contribution in [2.45, 2.75) is 20.3 Å². The number of benzene rings is 1. The highest BCUT2D eigenvalue weighted by atomic mass is 32.1. The first-order valence-corrected chi connectivity index (χ1v) is 10.9. The molecule has 30 heavy (non-hydrogen) atoms. The normalized spacial score (nSPS) is 14.1. The number of amides is 2. The number of thiazole rings is 1. The molecule has 4 rings (SSSR count). The minimum Gasteiger partial charge on any atom is -0.335 e. The number of aromatic nitrogens is 2. The van der Waals surface area contributed by atoms with Crippen LogP contribution in [-0.4, -0.2) is 57.8 Å². The van der Waals surface area contributed by atoms with Gasteiger partial charge in [-0.25, -0.2) is 4.98 Å². The zero-order valence-corrected chi connectivity index (χ0v) is 18.0. The maximum Gasteiger partial charge on any atom is 0.265 e. The zero-order chi connectivity index (χ0) is 21.1. The smallest absolute Gasteiger partial charge is 0.265 e. The van der Waals surface area contributed by atoms with Gasteiger partial charge in [-0.3, -0.25) is 14.6 Å². The molecule has 7 heteroatoms. The van der Waals surface area contributed by atoms with Crippen molar-refractivity contribution in [3.05, 3.63) is 70.5 Å². The van der Waals surface area contributed by atoms with Crippen LogP contribution >= 0.6 is 11.3 Å². The standard InChI is InChI=1S/C23H24N4O2S/c1-3-17-6-8-18(9-7-17)21-25-16(2)20(30-21)23(29)27-13-11-26(12-14-27)22(28)19-5-4-10-24-15-19/h4-10,15H,3,11-14H2,1-2H3. The average Bonchev–Trinajstić information content (AvgIpc) is 3.20. The Bertz CT molecular complexity index is 1040. The molecule has 1 saturated heterocycles. The molecule has 154 valence electrons. The second-order valence-electron chi connectivity index (χ2n) is 7.31. The van der Waals surface area contributed by atoms with Gasteiger partial charge >= 0.3 is 0 Å². The predicted octanol–water partition coefficient (Wildman–Crippen LogP) is 3.67. The van der Waals surface area contributed by atoms with Gasteiger partial charge in [0.1, 0.15) is 9.88 Å². The van der Waals surface area contributed by atoms with Crippen molar-refractivity contribution < 1.29 is 9.59 Å². The van der Waals surface area contributed by atoms with Gasteiger partial charge in [-0.1, -0.05) is 31.2 Å². The molecule has 0 atom stereocenters. The van der Waals surface area contributed by atoms with Crippen molar-refractivity contribution >= 4 is 23.2 Å². The van der Waals surface area contributed by atoms with Crippen LogP contribution in [0.2, 0.25) is 0 Å². The second kappa shape index (κ2) is 8.75. The van der Waals surface area contributed by atoms with Gasteiger partial charge in [0.05, 0.1) is 11.3 Å². The van der Waals surface area contributed by atoms with E-state index in [4.69, 9.17) is 0 Å². The molecule has 2 amide bonds. The predicted molar refractivity (Wildman–Crippen MR) is 118 cm³/mol. The SMILES string of the molecule is CCc1ccc(-c2nc(C)c(C(=O)N3CCN(C(=O)c4cccnc4)CC3)s2)cc1. The van der Waals surface area contributed by atoms with Crippen molar-refractivity contribution in [3.63, 3.8) is 0 Å². The third-order valence-corrected chi connectivity index (χ3v) is 6.56. The van der Waals surface area contributed by atoms with Crippen molar-refractivity contribution in [2.24, 2.45) is 0 Å². The van der Waals surface area contributed by atoms with Gasteiger partial charge < -0.3 is 9.80 Å². The van der Waals surface area contributed by atoms with Crippen LogP contribution in [0.3, 0.4) is 0 Å². The molecule has 0 aliphatic carbocycles. The summed E-state index contributed by atoms with van der Waals surface area (Å²) in [4.78, 5) is 38.6. The first kappa shape index (κ1) is 20.2. The van der Waals surface area contributed by atoms with Crippen molar-refractivity contribution in [1.82, 2.24) is 19.8 Å². The van der Waals surface area contributed by atoms with E-state index in [0.717, 1.165) is 22.7 Å². The van der Waals surface area contributed by atoms with Crippen LogP contribution in [0.4, 0.5) is 0 Å². The molecule has 1 aliphatic heterocycles. The number of hydrogen-bond donors (Lipinski definition) is 0. The Hall–Kier alpha value is -3.06. The maximum absolute atomic E-state index is 13.1. The Kier molecular flexibility index (Phi) is 5.90. The van der Waals surface area contributed by atoms with Crippen molar-refractivity contribution in [2.75, 3.05) is 26.2 Å². The molecule has 0 spiro atoms. The summed E-state index contributed by atoms with van der Waals surface area (Å²) in [5.74, 6) is -0.0445. The van der Waals surface area contributed by atoms with Gasteiger partial charge in [-0.15, -0.1) is 11.3 Å². The van der Waals surface area contributed by atoms with Crippen LogP contribution in [0.5, 0.6) is 0 Å². The molecule has 0 radical (unpaired) electrons. The lowest BCUT2D eigenvalue weighted by Gasteiger charge is -2.34. The van der Waals surface area contributed by atoms with Crippen molar-refractivity contribution in [1.29, 1.82) is 0 Å². The lowest BCUT2D eigenvalue weighted by Crippen LogP contribution is -2.50. The maximum atomic E-state index is 13.1. The van der Waals surface area contributed by atoms with Crippen LogP contribution < -0.4 is 0 Å². The summed E-state index contributed by atoms with van der Waals surface area (Å²) < 4.78 is 0. The largest absolute Gasteiger partial charge is 0.335 e. The minimum atomic E-state index is -0.0398. The molecule has 2 aromatic heterocycles. The van der Waals surface area contributed by atoms with Crippen molar-refractivity contribution in [3.8, 4) is 10.6 Å². The number of aryl methyl sites for hydroxylation is 2. The third-order valence-electron chi connectivity index (χ3n) is 5.36. The van der Waals surface area contributed by atoms with Crippen LogP contribution in [0.1, 0.15) is 38.2 Å². The van der Waals surface area contributed by atoms with E-state index in [1.807, 2.05) is 11.8 Å². The van der Waals surface area contributed by atoms with Crippen LogP contribution in [0, 0.1) is 6.92 Å². The Morgan fingerprint density at radius 1 is 1.00 bits per heavy atom. The summed E-state index contributed by atoms with van der Waals surface area (Å²) in [6.45, 7) is 6.08. The average molecular weight is 421 g/mol. The fraction of sp³-hybridized carbons (Fsp3) is 0.304. The fourth-order valence-corrected chi connectivity index (χ4v) is 4.57. The Balaban J connectivity index is 1.43.